The second kappa shape index (κ2) is 8.62. The van der Waals surface area contributed by atoms with E-state index in [2.05, 4.69) is 0 Å². The van der Waals surface area contributed by atoms with Crippen molar-refractivity contribution in [1.29, 1.82) is 0 Å². The summed E-state index contributed by atoms with van der Waals surface area (Å²) >= 11 is 0. The van der Waals surface area contributed by atoms with E-state index in [1.165, 1.54) is 40.2 Å². The van der Waals surface area contributed by atoms with Gasteiger partial charge in [-0.3, -0.25) is 9.59 Å². The molecule has 1 aliphatic rings. The van der Waals surface area contributed by atoms with Crippen molar-refractivity contribution in [3.05, 3.63) is 43.7 Å². The van der Waals surface area contributed by atoms with E-state index in [-0.39, 0.29) is 53.0 Å². The third kappa shape index (κ3) is 3.28. The Kier molecular flexibility index (Phi) is 5.53. The molecule has 6 rings (SSSR count). The van der Waals surface area contributed by atoms with Gasteiger partial charge in [0.15, 0.2) is 11.5 Å². The van der Waals surface area contributed by atoms with Crippen molar-refractivity contribution >= 4 is 43.1 Å². The lowest BCUT2D eigenvalue weighted by molar-refractivity contribution is 0.125. The average Bonchev–Trinajstić information content (AvgIpc) is 3.08. The molecule has 4 N–H and O–H groups in total. The number of aromatic hydroxyl groups is 2. The quantitative estimate of drug-likeness (QED) is 0.189. The zero-order valence-electron chi connectivity index (χ0n) is 21.7. The summed E-state index contributed by atoms with van der Waals surface area (Å²) in [6, 6.07) is 3.07. The van der Waals surface area contributed by atoms with Crippen molar-refractivity contribution in [2.24, 2.45) is 0 Å². The van der Waals surface area contributed by atoms with Crippen LogP contribution in [-0.2, 0) is 12.8 Å². The fourth-order valence-corrected chi connectivity index (χ4v) is 6.01. The standard InChI is InChI=1S/C29H26O10/c1-10(30)5-12-18-19-13(6-11(2)31)27(33)29(35)23-15(37-4)8-17-21(25(19)23)20-16(38-9-39-17)7-14(36-3)22(24(18)20)28(34)26(12)32/h7-8,10-11,30-33H,5-6,9H2,1-4H3/t10-,11-/m1/s1. The van der Waals surface area contributed by atoms with Crippen LogP contribution in [0.3, 0.4) is 0 Å². The van der Waals surface area contributed by atoms with Gasteiger partial charge in [-0.2, -0.15) is 0 Å². The van der Waals surface area contributed by atoms with Gasteiger partial charge in [0, 0.05) is 57.6 Å². The average molecular weight is 535 g/mol. The molecule has 0 saturated carbocycles. The SMILES string of the molecule is COc1cc2c3c4c(cc(OC)c5c(=O)c(O)c(C[C@@H](C)O)c(c6c(C[C@@H](C)O)c(O)c(=O)c1c36)c54)OCO2. The van der Waals surface area contributed by atoms with Crippen LogP contribution >= 0.6 is 0 Å². The van der Waals surface area contributed by atoms with Gasteiger partial charge in [-0.1, -0.05) is 0 Å². The van der Waals surface area contributed by atoms with Crippen molar-refractivity contribution in [1.82, 2.24) is 0 Å². The number of hydrogen-bond donors (Lipinski definition) is 4. The number of phenols is 2. The smallest absolute Gasteiger partial charge is 0.231 e. The van der Waals surface area contributed by atoms with E-state index in [1.54, 1.807) is 0 Å². The van der Waals surface area contributed by atoms with Gasteiger partial charge in [-0.25, -0.2) is 0 Å². The molecule has 202 valence electrons. The molecule has 0 aliphatic carbocycles. The van der Waals surface area contributed by atoms with Gasteiger partial charge >= 0.3 is 0 Å². The Morgan fingerprint density at radius 1 is 0.692 bits per heavy atom. The minimum absolute atomic E-state index is 0.0675. The van der Waals surface area contributed by atoms with Crippen molar-refractivity contribution in [2.45, 2.75) is 38.9 Å². The van der Waals surface area contributed by atoms with Gasteiger partial charge in [-0.15, -0.1) is 0 Å². The molecule has 39 heavy (non-hydrogen) atoms. The maximum Gasteiger partial charge on any atom is 0.231 e. The molecule has 1 aliphatic heterocycles. The first kappa shape index (κ1) is 25.0. The molecular weight excluding hydrogens is 508 g/mol. The Bertz CT molecular complexity index is 1790. The Morgan fingerprint density at radius 2 is 1.08 bits per heavy atom. The first-order valence-corrected chi connectivity index (χ1v) is 12.4. The summed E-state index contributed by atoms with van der Waals surface area (Å²) in [5.74, 6) is -0.240. The number of rotatable bonds is 6. The first-order valence-electron chi connectivity index (χ1n) is 12.4. The van der Waals surface area contributed by atoms with E-state index in [0.29, 0.717) is 43.8 Å². The zero-order chi connectivity index (χ0) is 27.9. The van der Waals surface area contributed by atoms with Gasteiger partial charge in [0.05, 0.1) is 37.2 Å². The molecule has 10 nitrogen and oxygen atoms in total. The van der Waals surface area contributed by atoms with E-state index in [4.69, 9.17) is 18.9 Å². The summed E-state index contributed by atoms with van der Waals surface area (Å²) in [4.78, 5) is 27.3. The fourth-order valence-electron chi connectivity index (χ4n) is 6.01. The first-order chi connectivity index (χ1) is 18.6. The normalized spacial score (nSPS) is 14.6. The highest BCUT2D eigenvalue weighted by molar-refractivity contribution is 6.38. The molecule has 5 aromatic rings. The van der Waals surface area contributed by atoms with Crippen LogP contribution in [0.1, 0.15) is 25.0 Å². The Morgan fingerprint density at radius 3 is 1.41 bits per heavy atom. The van der Waals surface area contributed by atoms with E-state index < -0.39 is 34.6 Å². The summed E-state index contributed by atoms with van der Waals surface area (Å²) in [5.41, 5.74) is -1.15. The Hall–Kier alpha value is -4.28. The number of methoxy groups -OCH3 is 2. The van der Waals surface area contributed by atoms with Crippen molar-refractivity contribution in [2.75, 3.05) is 21.0 Å². The monoisotopic (exact) mass is 534 g/mol. The van der Waals surface area contributed by atoms with Gasteiger partial charge < -0.3 is 39.4 Å². The Labute approximate surface area is 220 Å². The summed E-state index contributed by atoms with van der Waals surface area (Å²) in [7, 11) is 2.78. The van der Waals surface area contributed by atoms with Gasteiger partial charge in [-0.05, 0) is 24.6 Å². The van der Waals surface area contributed by atoms with Crippen LogP contribution in [-0.4, -0.2) is 53.6 Å². The minimum atomic E-state index is -0.960. The largest absolute Gasteiger partial charge is 0.504 e. The molecule has 0 spiro atoms. The second-order valence-corrected chi connectivity index (χ2v) is 9.98. The lowest BCUT2D eigenvalue weighted by atomic mass is 9.82. The lowest BCUT2D eigenvalue weighted by Gasteiger charge is -2.23. The highest BCUT2D eigenvalue weighted by Gasteiger charge is 2.33. The third-order valence-corrected chi connectivity index (χ3v) is 7.44. The van der Waals surface area contributed by atoms with Crippen molar-refractivity contribution in [3.63, 3.8) is 0 Å². The molecule has 1 heterocycles. The number of hydrogen-bond acceptors (Lipinski definition) is 10. The van der Waals surface area contributed by atoms with E-state index >= 15 is 0 Å². The van der Waals surface area contributed by atoms with Gasteiger partial charge in [0.2, 0.25) is 17.7 Å². The molecule has 0 aromatic heterocycles. The molecule has 0 amide bonds. The van der Waals surface area contributed by atoms with E-state index in [1.807, 2.05) is 0 Å². The maximum absolute atomic E-state index is 13.7. The second-order valence-electron chi connectivity index (χ2n) is 9.98. The van der Waals surface area contributed by atoms with Crippen LogP contribution < -0.4 is 29.8 Å². The zero-order valence-corrected chi connectivity index (χ0v) is 21.7. The predicted molar refractivity (Wildman–Crippen MR) is 145 cm³/mol. The molecule has 0 bridgehead atoms. The summed E-state index contributed by atoms with van der Waals surface area (Å²) in [6.45, 7) is 2.85. The van der Waals surface area contributed by atoms with Crippen LogP contribution in [0.4, 0.5) is 0 Å². The summed E-state index contributed by atoms with van der Waals surface area (Å²) in [5, 5.41) is 45.7. The lowest BCUT2D eigenvalue weighted by Crippen LogP contribution is -2.15. The molecule has 0 fully saturated rings. The molecule has 0 saturated heterocycles. The number of phenolic OH excluding ortho intramolecular Hbond substituents is 2. The van der Waals surface area contributed by atoms with Crippen molar-refractivity contribution in [3.8, 4) is 34.5 Å². The minimum Gasteiger partial charge on any atom is -0.504 e. The van der Waals surface area contributed by atoms with Gasteiger partial charge in [0.1, 0.15) is 23.0 Å². The number of benzene rings is 5. The van der Waals surface area contributed by atoms with Crippen LogP contribution in [0.2, 0.25) is 0 Å². The summed E-state index contributed by atoms with van der Waals surface area (Å²) < 4.78 is 23.0. The third-order valence-electron chi connectivity index (χ3n) is 7.44. The molecular formula is C29H26O10. The summed E-state index contributed by atoms with van der Waals surface area (Å²) in [6.07, 6.45) is -2.15. The van der Waals surface area contributed by atoms with Crippen LogP contribution in [0.25, 0.3) is 43.1 Å². The number of aliphatic hydroxyl groups is 2. The van der Waals surface area contributed by atoms with E-state index in [9.17, 15) is 30.0 Å². The van der Waals surface area contributed by atoms with Crippen LogP contribution in [0.5, 0.6) is 34.5 Å². The highest BCUT2D eigenvalue weighted by atomic mass is 16.7. The molecule has 2 atom stereocenters. The van der Waals surface area contributed by atoms with Gasteiger partial charge in [0.25, 0.3) is 0 Å². The van der Waals surface area contributed by atoms with Crippen molar-refractivity contribution < 1.29 is 39.4 Å². The number of fused-ring (bicyclic) bond motifs is 1. The highest BCUT2D eigenvalue weighted by Crippen LogP contribution is 2.54. The van der Waals surface area contributed by atoms with E-state index in [0.717, 1.165) is 0 Å². The number of aliphatic hydroxyl groups excluding tert-OH is 2. The maximum atomic E-state index is 13.7. The van der Waals surface area contributed by atoms with Crippen LogP contribution in [0.15, 0.2) is 21.7 Å². The number of ether oxygens (including phenoxy) is 4. The topological polar surface area (TPSA) is 152 Å². The molecule has 5 aromatic carbocycles. The molecule has 0 radical (unpaired) electrons. The fraction of sp³-hybridized carbons (Fsp3) is 0.310. The van der Waals surface area contributed by atoms with Crippen LogP contribution in [0, 0.1) is 0 Å². The Balaban J connectivity index is 2.12. The predicted octanol–water partition coefficient (Wildman–Crippen LogP) is 2.90. The molecule has 10 heteroatoms. The molecule has 0 unspecified atom stereocenters.